The molecule has 3 N–H and O–H groups in total. The van der Waals surface area contributed by atoms with E-state index in [1.54, 1.807) is 6.20 Å². The van der Waals surface area contributed by atoms with Gasteiger partial charge in [0.15, 0.2) is 10.3 Å². The van der Waals surface area contributed by atoms with Gasteiger partial charge in [0.1, 0.15) is 10.7 Å². The van der Waals surface area contributed by atoms with Gasteiger partial charge in [0.2, 0.25) is 0 Å². The highest BCUT2D eigenvalue weighted by atomic mass is 32.1. The third-order valence-corrected chi connectivity index (χ3v) is 4.14. The normalized spacial score (nSPS) is 10.4. The number of thiazole rings is 2. The van der Waals surface area contributed by atoms with E-state index >= 15 is 0 Å². The summed E-state index contributed by atoms with van der Waals surface area (Å²) in [5.41, 5.74) is 5.73. The van der Waals surface area contributed by atoms with Crippen LogP contribution in [0.5, 0.6) is 0 Å². The molecule has 0 radical (unpaired) electrons. The van der Waals surface area contributed by atoms with Gasteiger partial charge < -0.3 is 10.6 Å². The summed E-state index contributed by atoms with van der Waals surface area (Å²) in [7, 11) is 3.70. The first-order valence-corrected chi connectivity index (χ1v) is 6.78. The summed E-state index contributed by atoms with van der Waals surface area (Å²) in [6.07, 6.45) is 1.71. The molecule has 0 spiro atoms. The van der Waals surface area contributed by atoms with Crippen LogP contribution in [0.1, 0.15) is 14.5 Å². The van der Waals surface area contributed by atoms with Crippen molar-refractivity contribution in [2.45, 2.75) is 6.92 Å². The number of anilines is 3. The summed E-state index contributed by atoms with van der Waals surface area (Å²) in [6.45, 7) is 1.93. The highest BCUT2D eigenvalue weighted by Crippen LogP contribution is 2.28. The summed E-state index contributed by atoms with van der Waals surface area (Å²) in [5.74, 6) is -0.0260. The maximum absolute atomic E-state index is 12.0. The van der Waals surface area contributed by atoms with Gasteiger partial charge in [-0.05, 0) is 6.92 Å². The quantitative estimate of drug-likeness (QED) is 0.897. The van der Waals surface area contributed by atoms with Crippen molar-refractivity contribution in [1.29, 1.82) is 0 Å². The Hall–Kier alpha value is -1.67. The number of nitrogen functional groups attached to an aromatic ring is 1. The number of aromatic nitrogens is 2. The Balaban J connectivity index is 2.18. The maximum atomic E-state index is 12.0. The van der Waals surface area contributed by atoms with Gasteiger partial charge in [0.25, 0.3) is 5.91 Å². The van der Waals surface area contributed by atoms with Gasteiger partial charge in [0, 0.05) is 25.2 Å². The van der Waals surface area contributed by atoms with Gasteiger partial charge in [-0.1, -0.05) is 11.3 Å². The van der Waals surface area contributed by atoms with Crippen LogP contribution in [0.15, 0.2) is 6.20 Å². The fraction of sp³-hybridized carbons (Fsp3) is 0.300. The largest absolute Gasteiger partial charge is 0.382 e. The van der Waals surface area contributed by atoms with Gasteiger partial charge in [0.05, 0.1) is 0 Å². The Morgan fingerprint density at radius 2 is 2.17 bits per heavy atom. The maximum Gasteiger partial charge on any atom is 0.271 e. The summed E-state index contributed by atoms with van der Waals surface area (Å²) in [6, 6.07) is 0. The van der Waals surface area contributed by atoms with Gasteiger partial charge >= 0.3 is 0 Å². The smallest absolute Gasteiger partial charge is 0.271 e. The molecule has 0 bridgehead atoms. The Morgan fingerprint density at radius 3 is 2.67 bits per heavy atom. The molecule has 8 heteroatoms. The van der Waals surface area contributed by atoms with Crippen molar-refractivity contribution < 1.29 is 4.79 Å². The minimum atomic E-state index is -0.271. The zero-order valence-corrected chi connectivity index (χ0v) is 11.9. The summed E-state index contributed by atoms with van der Waals surface area (Å²) in [4.78, 5) is 23.5. The number of carbonyl (C=O) groups excluding carboxylic acids is 1. The highest BCUT2D eigenvalue weighted by molar-refractivity contribution is 7.18. The van der Waals surface area contributed by atoms with Crippen LogP contribution in [-0.4, -0.2) is 30.0 Å². The van der Waals surface area contributed by atoms with Crippen LogP contribution in [0.4, 0.5) is 16.1 Å². The molecule has 0 saturated heterocycles. The Bertz CT molecular complexity index is 575. The minimum Gasteiger partial charge on any atom is -0.382 e. The van der Waals surface area contributed by atoms with Crippen LogP contribution in [0, 0.1) is 6.92 Å². The molecule has 96 valence electrons. The molecule has 1 amide bonds. The molecule has 0 aliphatic heterocycles. The number of rotatable bonds is 3. The molecule has 0 fully saturated rings. The Kier molecular flexibility index (Phi) is 3.48. The minimum absolute atomic E-state index is 0.245. The third kappa shape index (κ3) is 2.59. The van der Waals surface area contributed by atoms with E-state index in [1.165, 1.54) is 22.7 Å². The van der Waals surface area contributed by atoms with Crippen LogP contribution in [0.2, 0.25) is 0 Å². The van der Waals surface area contributed by atoms with E-state index in [4.69, 9.17) is 5.73 Å². The molecule has 0 unspecified atom stereocenters. The SMILES string of the molecule is Cc1cnc(NC(=O)c2sc(N(C)C)nc2N)s1. The molecule has 6 nitrogen and oxygen atoms in total. The number of hydrogen-bond acceptors (Lipinski definition) is 7. The molecule has 2 aromatic heterocycles. The van der Waals surface area contributed by atoms with Crippen molar-refractivity contribution in [3.8, 4) is 0 Å². The van der Waals surface area contributed by atoms with Crippen molar-refractivity contribution in [3.05, 3.63) is 16.0 Å². The third-order valence-electron chi connectivity index (χ3n) is 2.07. The summed E-state index contributed by atoms with van der Waals surface area (Å²) >= 11 is 2.68. The Labute approximate surface area is 112 Å². The zero-order valence-electron chi connectivity index (χ0n) is 10.2. The second kappa shape index (κ2) is 4.91. The molecule has 2 rings (SSSR count). The zero-order chi connectivity index (χ0) is 13.3. The average Bonchev–Trinajstić information content (AvgIpc) is 2.85. The van der Waals surface area contributed by atoms with E-state index in [9.17, 15) is 4.79 Å². The monoisotopic (exact) mass is 283 g/mol. The van der Waals surface area contributed by atoms with E-state index in [0.717, 1.165) is 4.88 Å². The van der Waals surface area contributed by atoms with E-state index in [2.05, 4.69) is 15.3 Å². The highest BCUT2D eigenvalue weighted by Gasteiger charge is 2.18. The number of amides is 1. The standard InChI is InChI=1S/C10H13N5OS2/c1-5-4-12-9(17-5)14-8(16)6-7(11)13-10(18-6)15(2)3/h4H,11H2,1-3H3,(H,12,14,16). The molecular weight excluding hydrogens is 270 g/mol. The number of aryl methyl sites for hydroxylation is 1. The number of nitrogens with zero attached hydrogens (tertiary/aromatic N) is 3. The molecule has 0 aliphatic carbocycles. The number of hydrogen-bond donors (Lipinski definition) is 2. The van der Waals surface area contributed by atoms with Crippen LogP contribution in [0.3, 0.4) is 0 Å². The summed E-state index contributed by atoms with van der Waals surface area (Å²) in [5, 5.41) is 3.98. The van der Waals surface area contributed by atoms with Crippen molar-refractivity contribution in [2.24, 2.45) is 0 Å². The molecule has 0 saturated carbocycles. The number of carbonyl (C=O) groups is 1. The molecule has 2 aromatic rings. The van der Waals surface area contributed by atoms with E-state index in [1.807, 2.05) is 25.9 Å². The topological polar surface area (TPSA) is 84.1 Å². The summed E-state index contributed by atoms with van der Waals surface area (Å²) < 4.78 is 0. The fourth-order valence-corrected chi connectivity index (χ4v) is 2.70. The van der Waals surface area contributed by atoms with Crippen molar-refractivity contribution in [1.82, 2.24) is 9.97 Å². The van der Waals surface area contributed by atoms with Crippen LogP contribution < -0.4 is 16.0 Å². The first-order chi connectivity index (χ1) is 8.47. The van der Waals surface area contributed by atoms with Gasteiger partial charge in [-0.3, -0.25) is 10.1 Å². The predicted octanol–water partition coefficient (Wildman–Crippen LogP) is 1.81. The lowest BCUT2D eigenvalue weighted by Crippen LogP contribution is -2.11. The average molecular weight is 283 g/mol. The van der Waals surface area contributed by atoms with E-state index in [0.29, 0.717) is 15.1 Å². The van der Waals surface area contributed by atoms with Crippen molar-refractivity contribution in [3.63, 3.8) is 0 Å². The second-order valence-electron chi connectivity index (χ2n) is 3.84. The molecular formula is C10H13N5OS2. The molecule has 0 atom stereocenters. The lowest BCUT2D eigenvalue weighted by Gasteiger charge is -2.04. The molecule has 2 heterocycles. The van der Waals surface area contributed by atoms with E-state index < -0.39 is 0 Å². The van der Waals surface area contributed by atoms with Crippen molar-refractivity contribution >= 4 is 44.7 Å². The second-order valence-corrected chi connectivity index (χ2v) is 6.05. The molecule has 0 aromatic carbocycles. The Morgan fingerprint density at radius 1 is 1.44 bits per heavy atom. The van der Waals surface area contributed by atoms with Gasteiger partial charge in [-0.2, -0.15) is 0 Å². The van der Waals surface area contributed by atoms with Crippen molar-refractivity contribution in [2.75, 3.05) is 30.0 Å². The van der Waals surface area contributed by atoms with Gasteiger partial charge in [-0.15, -0.1) is 11.3 Å². The molecule has 18 heavy (non-hydrogen) atoms. The lowest BCUT2D eigenvalue weighted by atomic mass is 10.5. The van der Waals surface area contributed by atoms with Crippen LogP contribution in [-0.2, 0) is 0 Å². The first kappa shape index (κ1) is 12.8. The van der Waals surface area contributed by atoms with Crippen LogP contribution in [0.25, 0.3) is 0 Å². The number of nitrogens with one attached hydrogen (secondary N) is 1. The lowest BCUT2D eigenvalue weighted by molar-refractivity contribution is 0.103. The molecule has 0 aliphatic rings. The first-order valence-electron chi connectivity index (χ1n) is 5.15. The van der Waals surface area contributed by atoms with Crippen LogP contribution >= 0.6 is 22.7 Å². The van der Waals surface area contributed by atoms with E-state index in [-0.39, 0.29) is 11.7 Å². The fourth-order valence-electron chi connectivity index (χ4n) is 1.24. The van der Waals surface area contributed by atoms with Gasteiger partial charge in [-0.25, -0.2) is 9.97 Å². The number of nitrogens with two attached hydrogens (primary N) is 1. The predicted molar refractivity (Wildman–Crippen MR) is 75.7 cm³/mol.